The van der Waals surface area contributed by atoms with Crippen molar-refractivity contribution in [3.63, 3.8) is 0 Å². The summed E-state index contributed by atoms with van der Waals surface area (Å²) in [6.07, 6.45) is 3.03. The monoisotopic (exact) mass is 522 g/mol. The molecule has 0 aliphatic heterocycles. The Bertz CT molecular complexity index is 1220. The molecule has 0 spiro atoms. The number of fused-ring (bicyclic) bond motifs is 1. The number of aromatic amines is 1. The molecule has 12 nitrogen and oxygen atoms in total. The number of nitro benzene ring substituents is 1. The van der Waals surface area contributed by atoms with Crippen molar-refractivity contribution in [3.8, 4) is 0 Å². The lowest BCUT2D eigenvalue weighted by Crippen LogP contribution is -3.00. The number of anilines is 1. The summed E-state index contributed by atoms with van der Waals surface area (Å²) in [6, 6.07) is 6.06. The number of ether oxygens (including phenoxy) is 1. The fraction of sp³-hybridized carbons (Fsp3) is 0.350. The molecule has 0 bridgehead atoms. The molecular weight excluding hydrogens is 500 g/mol. The molecule has 0 aliphatic rings. The van der Waals surface area contributed by atoms with Crippen molar-refractivity contribution in [2.24, 2.45) is 0 Å². The van der Waals surface area contributed by atoms with Crippen molar-refractivity contribution < 1.29 is 40.8 Å². The lowest BCUT2D eigenvalue weighted by atomic mass is 10.2. The molecule has 0 radical (unpaired) electrons. The maximum absolute atomic E-state index is 12.8. The maximum atomic E-state index is 12.8. The minimum absolute atomic E-state index is 0. The molecule has 13 heteroatoms. The number of nitrogens with zero attached hydrogens (tertiary/aromatic N) is 4. The number of amides is 1. The molecular formula is C20H23BrN6O6. The summed E-state index contributed by atoms with van der Waals surface area (Å²) in [4.78, 5) is 52.4. The predicted molar refractivity (Wildman–Crippen MR) is 113 cm³/mol. The van der Waals surface area contributed by atoms with Crippen LogP contribution < -0.4 is 32.4 Å². The molecule has 3 rings (SSSR count). The van der Waals surface area contributed by atoms with Crippen molar-refractivity contribution >= 4 is 34.7 Å². The van der Waals surface area contributed by atoms with E-state index in [0.29, 0.717) is 43.7 Å². The van der Waals surface area contributed by atoms with Crippen LogP contribution >= 0.6 is 0 Å². The fourth-order valence-electron chi connectivity index (χ4n) is 3.22. The molecule has 0 unspecified atom stereocenters. The molecule has 0 aliphatic carbocycles. The van der Waals surface area contributed by atoms with E-state index in [-0.39, 0.29) is 40.5 Å². The second kappa shape index (κ2) is 11.3. The van der Waals surface area contributed by atoms with E-state index < -0.39 is 10.5 Å². The number of non-ortho nitro benzene ring substituents is 1. The maximum Gasteiger partial charge on any atom is 0.311 e. The zero-order chi connectivity index (χ0) is 23.3. The van der Waals surface area contributed by atoms with Crippen LogP contribution in [0.3, 0.4) is 0 Å². The topological polar surface area (TPSA) is 153 Å². The molecule has 0 saturated heterocycles. The first-order valence-electron chi connectivity index (χ1n) is 9.91. The zero-order valence-electron chi connectivity index (χ0n) is 18.0. The number of imidazole rings is 1. The summed E-state index contributed by atoms with van der Waals surface area (Å²) in [5.74, 6) is -0.673. The van der Waals surface area contributed by atoms with E-state index in [4.69, 9.17) is 4.74 Å². The number of H-pyrrole nitrogens is 1. The van der Waals surface area contributed by atoms with Gasteiger partial charge in [-0.2, -0.15) is 0 Å². The first-order valence-corrected chi connectivity index (χ1v) is 9.91. The second-order valence-electron chi connectivity index (χ2n) is 7.18. The highest BCUT2D eigenvalue weighted by atomic mass is 79.9. The van der Waals surface area contributed by atoms with E-state index in [9.17, 15) is 24.5 Å². The van der Waals surface area contributed by atoms with E-state index in [0.717, 1.165) is 5.56 Å². The number of hydrogen-bond donors (Lipinski definition) is 2. The predicted octanol–water partition coefficient (Wildman–Crippen LogP) is -1.73. The summed E-state index contributed by atoms with van der Waals surface area (Å²) < 4.78 is 8.43. The summed E-state index contributed by atoms with van der Waals surface area (Å²) in [7, 11) is 0. The number of aryl methyl sites for hydroxylation is 1. The van der Waals surface area contributed by atoms with Gasteiger partial charge in [0, 0.05) is 26.0 Å². The number of carbonyl (C=O) groups excluding carboxylic acids is 2. The van der Waals surface area contributed by atoms with E-state index in [2.05, 4.69) is 15.3 Å². The summed E-state index contributed by atoms with van der Waals surface area (Å²) >= 11 is 0. The van der Waals surface area contributed by atoms with Crippen LogP contribution in [0.1, 0.15) is 32.3 Å². The van der Waals surface area contributed by atoms with Crippen molar-refractivity contribution in [2.75, 3.05) is 11.9 Å². The van der Waals surface area contributed by atoms with Gasteiger partial charge in [0.15, 0.2) is 6.33 Å². The van der Waals surface area contributed by atoms with Crippen LogP contribution in [0.2, 0.25) is 0 Å². The Morgan fingerprint density at radius 3 is 2.55 bits per heavy atom. The standard InChI is InChI=1S/C20H22N6O6.BrH/c1-13(27)21-20-22-18-17(19(29)23-20)25(11-15-5-7-16(8-6-15)26(30)31)12-24(18)9-3-4-10-32-14(2)28;/h5-8,12H,3-4,9-11H2,1-2H3,(H-,21,22,23,27,29);1H. The molecule has 2 N–H and O–H groups in total. The van der Waals surface area contributed by atoms with Gasteiger partial charge < -0.3 is 21.7 Å². The fourth-order valence-corrected chi connectivity index (χ4v) is 3.22. The van der Waals surface area contributed by atoms with Gasteiger partial charge in [0.1, 0.15) is 0 Å². The molecule has 176 valence electrons. The Kier molecular flexibility index (Phi) is 8.79. The van der Waals surface area contributed by atoms with E-state index in [1.54, 1.807) is 27.6 Å². The smallest absolute Gasteiger partial charge is 0.311 e. The normalized spacial score (nSPS) is 10.5. The van der Waals surface area contributed by atoms with Gasteiger partial charge in [0.25, 0.3) is 17.2 Å². The second-order valence-corrected chi connectivity index (χ2v) is 7.18. The summed E-state index contributed by atoms with van der Waals surface area (Å²) in [6.45, 7) is 3.75. The number of unbranched alkanes of at least 4 members (excludes halogenated alkanes) is 1. The third kappa shape index (κ3) is 6.68. The van der Waals surface area contributed by atoms with Crippen LogP contribution in [0.15, 0.2) is 35.4 Å². The van der Waals surface area contributed by atoms with Gasteiger partial charge in [-0.15, -0.1) is 0 Å². The molecule has 3 aromatic rings. The third-order valence-corrected chi connectivity index (χ3v) is 4.61. The highest BCUT2D eigenvalue weighted by Gasteiger charge is 2.22. The van der Waals surface area contributed by atoms with Gasteiger partial charge in [0.2, 0.25) is 11.4 Å². The van der Waals surface area contributed by atoms with Gasteiger partial charge in [-0.1, -0.05) is 4.98 Å². The van der Waals surface area contributed by atoms with Crippen molar-refractivity contribution in [2.45, 2.75) is 39.8 Å². The average Bonchev–Trinajstić information content (AvgIpc) is 3.05. The lowest BCUT2D eigenvalue weighted by molar-refractivity contribution is -0.674. The van der Waals surface area contributed by atoms with Crippen molar-refractivity contribution in [1.82, 2.24) is 14.5 Å². The van der Waals surface area contributed by atoms with Crippen LogP contribution in [-0.4, -0.2) is 37.9 Å². The van der Waals surface area contributed by atoms with Crippen LogP contribution in [0.25, 0.3) is 11.2 Å². The molecule has 0 atom stereocenters. The summed E-state index contributed by atoms with van der Waals surface area (Å²) in [5.41, 5.74) is 0.997. The average molecular weight is 523 g/mol. The van der Waals surface area contributed by atoms with Crippen LogP contribution in [-0.2, 0) is 27.4 Å². The molecule has 33 heavy (non-hydrogen) atoms. The Morgan fingerprint density at radius 1 is 1.24 bits per heavy atom. The van der Waals surface area contributed by atoms with Crippen LogP contribution in [0.5, 0.6) is 0 Å². The number of benzene rings is 1. The Labute approximate surface area is 198 Å². The SMILES string of the molecule is CC(=O)Nc1nc2c(c(=O)[nH]1)n(Cc1ccc([N+](=O)[O-])cc1)c[n+]2CCCCOC(C)=O.[Br-]. The number of hydrogen-bond acceptors (Lipinski definition) is 7. The van der Waals surface area contributed by atoms with Crippen LogP contribution in [0.4, 0.5) is 11.6 Å². The Hall–Kier alpha value is -3.61. The van der Waals surface area contributed by atoms with Gasteiger partial charge in [-0.05, 0) is 30.5 Å². The van der Waals surface area contributed by atoms with E-state index >= 15 is 0 Å². The van der Waals surface area contributed by atoms with E-state index in [1.165, 1.54) is 26.0 Å². The molecule has 1 amide bonds. The van der Waals surface area contributed by atoms with E-state index in [1.807, 2.05) is 0 Å². The lowest BCUT2D eigenvalue weighted by Gasteiger charge is -2.01. The highest BCUT2D eigenvalue weighted by Crippen LogP contribution is 2.15. The van der Waals surface area contributed by atoms with Crippen molar-refractivity contribution in [3.05, 3.63) is 56.6 Å². The number of halogens is 1. The van der Waals surface area contributed by atoms with Crippen molar-refractivity contribution in [1.29, 1.82) is 0 Å². The first-order chi connectivity index (χ1) is 15.2. The number of nitrogens with one attached hydrogen (secondary N) is 2. The molecule has 2 heterocycles. The van der Waals surface area contributed by atoms with Gasteiger partial charge >= 0.3 is 11.6 Å². The molecule has 0 saturated carbocycles. The number of aromatic nitrogens is 4. The molecule has 1 aromatic carbocycles. The largest absolute Gasteiger partial charge is 1.00 e. The number of carbonyl (C=O) groups is 2. The Balaban J connectivity index is 0.00000385. The third-order valence-electron chi connectivity index (χ3n) is 4.61. The zero-order valence-corrected chi connectivity index (χ0v) is 19.6. The number of nitro groups is 1. The Morgan fingerprint density at radius 2 is 1.94 bits per heavy atom. The van der Waals surface area contributed by atoms with Gasteiger partial charge in [-0.25, -0.2) is 4.57 Å². The minimum Gasteiger partial charge on any atom is -1.00 e. The highest BCUT2D eigenvalue weighted by molar-refractivity contribution is 5.87. The summed E-state index contributed by atoms with van der Waals surface area (Å²) in [5, 5.41) is 13.4. The minimum atomic E-state index is -0.475. The van der Waals surface area contributed by atoms with Gasteiger partial charge in [0.05, 0.1) is 24.6 Å². The number of esters is 1. The quantitative estimate of drug-likeness (QED) is 0.111. The van der Waals surface area contributed by atoms with Gasteiger partial charge in [-0.3, -0.25) is 39.4 Å². The number of rotatable bonds is 9. The molecule has 0 fully saturated rings. The van der Waals surface area contributed by atoms with Crippen LogP contribution in [0, 0.1) is 10.1 Å². The first kappa shape index (κ1) is 25.6. The molecule has 2 aromatic heterocycles.